The molecule has 9 nitrogen and oxygen atoms in total. The first kappa shape index (κ1) is 24.7. The summed E-state index contributed by atoms with van der Waals surface area (Å²) in [5.41, 5.74) is 2.94. The summed E-state index contributed by atoms with van der Waals surface area (Å²) in [6.45, 7) is 4.49. The average Bonchev–Trinajstić information content (AvgIpc) is 3.36. The normalized spacial score (nSPS) is 21.6. The summed E-state index contributed by atoms with van der Waals surface area (Å²) in [5.74, 6) is 2.22. The van der Waals surface area contributed by atoms with Crippen LogP contribution in [0.5, 0.6) is 17.4 Å². The van der Waals surface area contributed by atoms with Crippen LogP contribution in [0.2, 0.25) is 0 Å². The number of nitrogens with zero attached hydrogens (tertiary/aromatic N) is 3. The van der Waals surface area contributed by atoms with Crippen LogP contribution in [0.1, 0.15) is 31.7 Å². The Morgan fingerprint density at radius 1 is 1.17 bits per heavy atom. The summed E-state index contributed by atoms with van der Waals surface area (Å²) >= 11 is 0. The van der Waals surface area contributed by atoms with E-state index in [2.05, 4.69) is 22.9 Å². The summed E-state index contributed by atoms with van der Waals surface area (Å²) in [6.07, 6.45) is 4.12. The van der Waals surface area contributed by atoms with E-state index in [1.165, 1.54) is 0 Å². The molecule has 0 aliphatic carbocycles. The number of rotatable bonds is 6. The standard InChI is InChI=1S/C26H33N3O6S/c1-3-18-14-20(16-27-25(18)33-2)29-10-11-34-24-5-4-21(15-23(24)29)35-22-6-9-28(17-22)26(30)19-7-12-36(31,32)13-8-19/h4-5,14-16,19,22H,3,6-13,17H2,1-2H3. The number of sulfone groups is 1. The molecule has 5 rings (SSSR count). The van der Waals surface area contributed by atoms with E-state index < -0.39 is 9.84 Å². The first-order valence-corrected chi connectivity index (χ1v) is 14.4. The lowest BCUT2D eigenvalue weighted by atomic mass is 10.0. The Hall–Kier alpha value is -3.01. The summed E-state index contributed by atoms with van der Waals surface area (Å²) in [5, 5.41) is 0. The van der Waals surface area contributed by atoms with Gasteiger partial charge in [0, 0.05) is 30.5 Å². The molecule has 10 heteroatoms. The highest BCUT2D eigenvalue weighted by Crippen LogP contribution is 2.40. The van der Waals surface area contributed by atoms with Gasteiger partial charge in [-0.05, 0) is 37.5 Å². The highest BCUT2D eigenvalue weighted by Gasteiger charge is 2.35. The number of aryl methyl sites for hydroxylation is 1. The second-order valence-electron chi connectivity index (χ2n) is 9.58. The molecule has 0 saturated carbocycles. The van der Waals surface area contributed by atoms with E-state index in [0.717, 1.165) is 41.3 Å². The Morgan fingerprint density at radius 3 is 2.72 bits per heavy atom. The number of benzene rings is 1. The third kappa shape index (κ3) is 5.09. The van der Waals surface area contributed by atoms with Gasteiger partial charge in [-0.15, -0.1) is 0 Å². The predicted molar refractivity (Wildman–Crippen MR) is 136 cm³/mol. The van der Waals surface area contributed by atoms with Crippen LogP contribution in [0.4, 0.5) is 11.4 Å². The average molecular weight is 516 g/mol. The van der Waals surface area contributed by atoms with Gasteiger partial charge >= 0.3 is 0 Å². The SMILES string of the molecule is CCc1cc(N2CCOc3ccc(OC4CCN(C(=O)C5CCS(=O)(=O)CC5)C4)cc32)cnc1OC. The number of ether oxygens (including phenoxy) is 3. The molecule has 1 unspecified atom stereocenters. The van der Waals surface area contributed by atoms with Crippen LogP contribution in [0.3, 0.4) is 0 Å². The van der Waals surface area contributed by atoms with Gasteiger partial charge in [0.1, 0.15) is 34.0 Å². The molecule has 0 N–H and O–H groups in total. The van der Waals surface area contributed by atoms with E-state index >= 15 is 0 Å². The molecule has 194 valence electrons. The van der Waals surface area contributed by atoms with Gasteiger partial charge in [0.15, 0.2) is 0 Å². The van der Waals surface area contributed by atoms with Crippen LogP contribution in [-0.4, -0.2) is 75.2 Å². The number of methoxy groups -OCH3 is 1. The highest BCUT2D eigenvalue weighted by molar-refractivity contribution is 7.91. The van der Waals surface area contributed by atoms with Crippen LogP contribution in [0.25, 0.3) is 0 Å². The predicted octanol–water partition coefficient (Wildman–Crippen LogP) is 2.99. The van der Waals surface area contributed by atoms with Crippen molar-refractivity contribution < 1.29 is 27.4 Å². The second kappa shape index (κ2) is 10.2. The zero-order valence-corrected chi connectivity index (χ0v) is 21.6. The molecule has 2 saturated heterocycles. The van der Waals surface area contributed by atoms with Crippen molar-refractivity contribution in [1.29, 1.82) is 0 Å². The molecule has 1 aromatic carbocycles. The zero-order valence-electron chi connectivity index (χ0n) is 20.8. The molecule has 1 amide bonds. The van der Waals surface area contributed by atoms with E-state index in [0.29, 0.717) is 45.0 Å². The molecule has 2 fully saturated rings. The molecular formula is C26H33N3O6S. The first-order chi connectivity index (χ1) is 17.4. The van der Waals surface area contributed by atoms with Crippen molar-refractivity contribution in [2.45, 2.75) is 38.7 Å². The summed E-state index contributed by atoms with van der Waals surface area (Å²) in [7, 11) is -1.35. The lowest BCUT2D eigenvalue weighted by molar-refractivity contribution is -0.135. The maximum absolute atomic E-state index is 12.9. The van der Waals surface area contributed by atoms with Gasteiger partial charge in [-0.1, -0.05) is 6.92 Å². The summed E-state index contributed by atoms with van der Waals surface area (Å²) in [4.78, 5) is 21.4. The number of amides is 1. The van der Waals surface area contributed by atoms with Crippen molar-refractivity contribution in [3.8, 4) is 17.4 Å². The molecule has 3 aliphatic rings. The number of pyridine rings is 1. The molecule has 0 radical (unpaired) electrons. The molecule has 0 bridgehead atoms. The fourth-order valence-electron chi connectivity index (χ4n) is 5.22. The highest BCUT2D eigenvalue weighted by atomic mass is 32.2. The Balaban J connectivity index is 1.27. The van der Waals surface area contributed by atoms with Gasteiger partial charge in [-0.2, -0.15) is 0 Å². The number of hydrogen-bond acceptors (Lipinski definition) is 8. The van der Waals surface area contributed by atoms with Crippen LogP contribution < -0.4 is 19.1 Å². The van der Waals surface area contributed by atoms with E-state index in [4.69, 9.17) is 14.2 Å². The third-order valence-electron chi connectivity index (χ3n) is 7.25. The molecule has 1 atom stereocenters. The zero-order chi connectivity index (χ0) is 25.3. The van der Waals surface area contributed by atoms with Crippen molar-refractivity contribution in [2.24, 2.45) is 5.92 Å². The minimum atomic E-state index is -2.98. The smallest absolute Gasteiger partial charge is 0.225 e. The Morgan fingerprint density at radius 2 is 1.97 bits per heavy atom. The summed E-state index contributed by atoms with van der Waals surface area (Å²) < 4.78 is 41.0. The maximum atomic E-state index is 12.9. The minimum absolute atomic E-state index is 0.0553. The van der Waals surface area contributed by atoms with Gasteiger partial charge < -0.3 is 24.0 Å². The van der Waals surface area contributed by atoms with E-state index in [-0.39, 0.29) is 29.4 Å². The van der Waals surface area contributed by atoms with Crippen molar-refractivity contribution in [2.75, 3.05) is 49.8 Å². The number of likely N-dealkylation sites (tertiary alicyclic amines) is 1. The molecule has 3 aliphatic heterocycles. The lowest BCUT2D eigenvalue weighted by Crippen LogP contribution is -2.39. The second-order valence-corrected chi connectivity index (χ2v) is 11.9. The number of fused-ring (bicyclic) bond motifs is 1. The number of aromatic nitrogens is 1. The monoisotopic (exact) mass is 515 g/mol. The van der Waals surface area contributed by atoms with E-state index in [1.807, 2.05) is 29.3 Å². The number of carbonyl (C=O) groups excluding carboxylic acids is 1. The fourth-order valence-corrected chi connectivity index (χ4v) is 6.71. The van der Waals surface area contributed by atoms with Crippen LogP contribution in [0.15, 0.2) is 30.5 Å². The van der Waals surface area contributed by atoms with Crippen LogP contribution >= 0.6 is 0 Å². The van der Waals surface area contributed by atoms with Crippen molar-refractivity contribution in [1.82, 2.24) is 9.88 Å². The van der Waals surface area contributed by atoms with Crippen molar-refractivity contribution in [3.63, 3.8) is 0 Å². The van der Waals surface area contributed by atoms with Gasteiger partial charge in [-0.25, -0.2) is 13.4 Å². The van der Waals surface area contributed by atoms with Crippen molar-refractivity contribution >= 4 is 27.1 Å². The van der Waals surface area contributed by atoms with Gasteiger partial charge in [0.05, 0.1) is 49.3 Å². The van der Waals surface area contributed by atoms with Gasteiger partial charge in [0.2, 0.25) is 11.8 Å². The van der Waals surface area contributed by atoms with E-state index in [9.17, 15) is 13.2 Å². The molecular weight excluding hydrogens is 482 g/mol. The largest absolute Gasteiger partial charge is 0.490 e. The van der Waals surface area contributed by atoms with Crippen LogP contribution in [-0.2, 0) is 21.1 Å². The molecule has 2 aromatic rings. The lowest BCUT2D eigenvalue weighted by Gasteiger charge is -2.32. The maximum Gasteiger partial charge on any atom is 0.225 e. The quantitative estimate of drug-likeness (QED) is 0.579. The third-order valence-corrected chi connectivity index (χ3v) is 8.97. The fraction of sp³-hybridized carbons (Fsp3) is 0.538. The van der Waals surface area contributed by atoms with Crippen LogP contribution in [0, 0.1) is 5.92 Å². The minimum Gasteiger partial charge on any atom is -0.490 e. The molecule has 1 aromatic heterocycles. The van der Waals surface area contributed by atoms with Gasteiger partial charge in [0.25, 0.3) is 0 Å². The molecule has 36 heavy (non-hydrogen) atoms. The number of carbonyl (C=O) groups is 1. The van der Waals surface area contributed by atoms with Gasteiger partial charge in [-0.3, -0.25) is 4.79 Å². The Bertz CT molecular complexity index is 1220. The summed E-state index contributed by atoms with van der Waals surface area (Å²) in [6, 6.07) is 7.92. The first-order valence-electron chi connectivity index (χ1n) is 12.6. The Kier molecular flexibility index (Phi) is 6.96. The Labute approximate surface area is 212 Å². The molecule has 0 spiro atoms. The van der Waals surface area contributed by atoms with Crippen molar-refractivity contribution in [3.05, 3.63) is 36.0 Å². The number of anilines is 2. The number of hydrogen-bond donors (Lipinski definition) is 0. The molecule has 4 heterocycles. The van der Waals surface area contributed by atoms with E-state index in [1.54, 1.807) is 7.11 Å². The topological polar surface area (TPSA) is 98.3 Å².